The van der Waals surface area contributed by atoms with Crippen molar-refractivity contribution in [1.29, 1.82) is 0 Å². The Morgan fingerprint density at radius 3 is 2.31 bits per heavy atom. The highest BCUT2D eigenvalue weighted by molar-refractivity contribution is 6.02. The van der Waals surface area contributed by atoms with Crippen molar-refractivity contribution in [3.8, 4) is 0 Å². The Labute approximate surface area is 169 Å². The van der Waals surface area contributed by atoms with E-state index in [9.17, 15) is 19.2 Å². The van der Waals surface area contributed by atoms with Crippen LogP contribution in [0.2, 0.25) is 0 Å². The number of nitrogens with one attached hydrogen (secondary N) is 1. The molecule has 1 amide bonds. The summed E-state index contributed by atoms with van der Waals surface area (Å²) in [6, 6.07) is 6.69. The summed E-state index contributed by atoms with van der Waals surface area (Å²) >= 11 is 0. The summed E-state index contributed by atoms with van der Waals surface area (Å²) in [4.78, 5) is 46.5. The molecule has 2 rings (SSSR count). The van der Waals surface area contributed by atoms with E-state index in [0.29, 0.717) is 11.6 Å². The maximum Gasteiger partial charge on any atom is 0.331 e. The highest BCUT2D eigenvalue weighted by Crippen LogP contribution is 2.27. The van der Waals surface area contributed by atoms with Crippen LogP contribution in [-0.2, 0) is 35.1 Å². The number of carbonyl (C=O) groups is 4. The van der Waals surface area contributed by atoms with Gasteiger partial charge in [0.05, 0.1) is 7.11 Å². The van der Waals surface area contributed by atoms with E-state index in [1.165, 1.54) is 7.11 Å². The number of rotatable bonds is 8. The van der Waals surface area contributed by atoms with Gasteiger partial charge in [-0.1, -0.05) is 19.1 Å². The van der Waals surface area contributed by atoms with Gasteiger partial charge in [0.1, 0.15) is 6.10 Å². The lowest BCUT2D eigenvalue weighted by atomic mass is 10.1. The second-order valence-corrected chi connectivity index (χ2v) is 6.90. The van der Waals surface area contributed by atoms with E-state index in [2.05, 4.69) is 10.1 Å². The zero-order chi connectivity index (χ0) is 21.2. The van der Waals surface area contributed by atoms with Crippen molar-refractivity contribution in [2.75, 3.05) is 12.4 Å². The fourth-order valence-corrected chi connectivity index (χ4v) is 3.00. The van der Waals surface area contributed by atoms with Gasteiger partial charge in [-0.25, -0.2) is 9.59 Å². The van der Waals surface area contributed by atoms with Crippen LogP contribution >= 0.6 is 0 Å². The van der Waals surface area contributed by atoms with E-state index in [1.807, 2.05) is 6.92 Å². The summed E-state index contributed by atoms with van der Waals surface area (Å²) < 4.78 is 9.77. The largest absolute Gasteiger partial charge is 0.466 e. The minimum atomic E-state index is -0.592. The molecule has 0 spiro atoms. The van der Waals surface area contributed by atoms with Crippen LogP contribution in [-0.4, -0.2) is 36.8 Å². The average molecular weight is 399 g/mol. The minimum absolute atomic E-state index is 0.0760. The molecule has 29 heavy (non-hydrogen) atoms. The Hall–Kier alpha value is -3.22. The van der Waals surface area contributed by atoms with Crippen LogP contribution in [0.4, 0.5) is 5.69 Å². The molecule has 1 aromatic rings. The van der Waals surface area contributed by atoms with Crippen LogP contribution < -0.4 is 5.32 Å². The lowest BCUT2D eigenvalue weighted by Crippen LogP contribution is -2.19. The summed E-state index contributed by atoms with van der Waals surface area (Å²) in [7, 11) is 1.23. The molecular weight excluding hydrogens is 374 g/mol. The summed E-state index contributed by atoms with van der Waals surface area (Å²) in [5.74, 6) is -1.46. The molecule has 1 aliphatic carbocycles. The first-order valence-electron chi connectivity index (χ1n) is 9.45. The number of allylic oxidation sites excluding steroid dienone is 1. The molecule has 0 heterocycles. The van der Waals surface area contributed by atoms with Gasteiger partial charge in [0.25, 0.3) is 0 Å². The molecule has 154 valence electrons. The summed E-state index contributed by atoms with van der Waals surface area (Å²) in [6.45, 7) is 2.05. The van der Waals surface area contributed by atoms with E-state index in [4.69, 9.17) is 4.74 Å². The Kier molecular flexibility index (Phi) is 8.33. The molecule has 0 aromatic heterocycles. The van der Waals surface area contributed by atoms with E-state index >= 15 is 0 Å². The van der Waals surface area contributed by atoms with Crippen molar-refractivity contribution < 1.29 is 28.7 Å². The molecule has 2 unspecified atom stereocenters. The van der Waals surface area contributed by atoms with Crippen molar-refractivity contribution in [3.63, 3.8) is 0 Å². The molecule has 7 heteroatoms. The first kappa shape index (κ1) is 22.1. The highest BCUT2D eigenvalue weighted by Gasteiger charge is 2.26. The van der Waals surface area contributed by atoms with Crippen LogP contribution in [0, 0.1) is 5.92 Å². The van der Waals surface area contributed by atoms with Gasteiger partial charge in [-0.05, 0) is 49.0 Å². The molecule has 0 radical (unpaired) electrons. The van der Waals surface area contributed by atoms with Gasteiger partial charge in [0, 0.05) is 30.3 Å². The second kappa shape index (κ2) is 10.9. The molecule has 1 N–H and O–H groups in total. The standard InChI is InChI=1S/C22H25NO6/c1-15-4-3-5-19(15)29-22(27)13-11-20(25)23-17-8-6-16(7-9-17)14-18(24)10-12-21(26)28-2/h6-13,15,19H,3-5,14H2,1-2H3,(H,23,25)/b12-10-,13-11-. The maximum atomic E-state index is 11.9. The van der Waals surface area contributed by atoms with E-state index in [0.717, 1.165) is 49.1 Å². The summed E-state index contributed by atoms with van der Waals surface area (Å²) in [5, 5.41) is 2.63. The van der Waals surface area contributed by atoms with Crippen molar-refractivity contribution in [2.24, 2.45) is 5.92 Å². The molecule has 1 fully saturated rings. The first-order valence-corrected chi connectivity index (χ1v) is 9.45. The van der Waals surface area contributed by atoms with Crippen LogP contribution in [0.1, 0.15) is 31.7 Å². The normalized spacial score (nSPS) is 18.7. The number of benzene rings is 1. The van der Waals surface area contributed by atoms with Crippen molar-refractivity contribution >= 4 is 29.3 Å². The number of hydrogen-bond acceptors (Lipinski definition) is 6. The van der Waals surface area contributed by atoms with Crippen molar-refractivity contribution in [2.45, 2.75) is 38.7 Å². The topological polar surface area (TPSA) is 98.8 Å². The predicted octanol–water partition coefficient (Wildman–Crippen LogP) is 2.75. The lowest BCUT2D eigenvalue weighted by molar-refractivity contribution is -0.144. The Bertz CT molecular complexity index is 809. The number of carbonyl (C=O) groups excluding carboxylic acids is 4. The van der Waals surface area contributed by atoms with Crippen LogP contribution in [0.3, 0.4) is 0 Å². The zero-order valence-corrected chi connectivity index (χ0v) is 16.6. The maximum absolute atomic E-state index is 11.9. The second-order valence-electron chi connectivity index (χ2n) is 6.90. The molecule has 1 aromatic carbocycles. The number of amides is 1. The number of ketones is 1. The monoisotopic (exact) mass is 399 g/mol. The van der Waals surface area contributed by atoms with E-state index in [1.54, 1.807) is 24.3 Å². The van der Waals surface area contributed by atoms with Crippen LogP contribution in [0.25, 0.3) is 0 Å². The molecule has 1 aliphatic rings. The molecular formula is C22H25NO6. The summed E-state index contributed by atoms with van der Waals surface area (Å²) in [6.07, 6.45) is 7.50. The molecule has 7 nitrogen and oxygen atoms in total. The van der Waals surface area contributed by atoms with Gasteiger partial charge < -0.3 is 14.8 Å². The molecule has 1 saturated carbocycles. The number of hydrogen-bond donors (Lipinski definition) is 1. The van der Waals surface area contributed by atoms with Crippen molar-refractivity contribution in [1.82, 2.24) is 0 Å². The highest BCUT2D eigenvalue weighted by atomic mass is 16.5. The lowest BCUT2D eigenvalue weighted by Gasteiger charge is -2.14. The molecule has 2 atom stereocenters. The molecule has 0 aliphatic heterocycles. The van der Waals surface area contributed by atoms with Gasteiger partial charge in [0.2, 0.25) is 5.91 Å². The molecule has 0 saturated heterocycles. The first-order chi connectivity index (χ1) is 13.9. The van der Waals surface area contributed by atoms with Crippen molar-refractivity contribution in [3.05, 3.63) is 54.1 Å². The number of methoxy groups -OCH3 is 1. The Morgan fingerprint density at radius 1 is 1.00 bits per heavy atom. The predicted molar refractivity (Wildman–Crippen MR) is 107 cm³/mol. The Morgan fingerprint density at radius 2 is 1.69 bits per heavy atom. The number of anilines is 1. The smallest absolute Gasteiger partial charge is 0.331 e. The van der Waals surface area contributed by atoms with Gasteiger partial charge in [-0.2, -0.15) is 0 Å². The number of ether oxygens (including phenoxy) is 2. The van der Waals surface area contributed by atoms with Gasteiger partial charge in [0.15, 0.2) is 5.78 Å². The zero-order valence-electron chi connectivity index (χ0n) is 16.6. The Balaban J connectivity index is 1.80. The third-order valence-electron chi connectivity index (χ3n) is 4.63. The van der Waals surface area contributed by atoms with Crippen LogP contribution in [0.5, 0.6) is 0 Å². The summed E-state index contributed by atoms with van der Waals surface area (Å²) in [5.41, 5.74) is 1.26. The average Bonchev–Trinajstić information content (AvgIpc) is 3.10. The number of esters is 2. The van der Waals surface area contributed by atoms with Crippen LogP contribution in [0.15, 0.2) is 48.6 Å². The fourth-order valence-electron chi connectivity index (χ4n) is 3.00. The van der Waals surface area contributed by atoms with E-state index in [-0.39, 0.29) is 18.3 Å². The minimum Gasteiger partial charge on any atom is -0.466 e. The third kappa shape index (κ3) is 7.73. The fraction of sp³-hybridized carbons (Fsp3) is 0.364. The van der Waals surface area contributed by atoms with Gasteiger partial charge in [-0.15, -0.1) is 0 Å². The SMILES string of the molecule is COC(=O)/C=C\C(=O)Cc1ccc(NC(=O)/C=C\C(=O)OC2CCCC2C)cc1. The van der Waals surface area contributed by atoms with E-state index < -0.39 is 17.8 Å². The van der Waals surface area contributed by atoms with Gasteiger partial charge >= 0.3 is 11.9 Å². The quantitative estimate of drug-likeness (QED) is 0.533. The third-order valence-corrected chi connectivity index (χ3v) is 4.63. The molecule has 0 bridgehead atoms. The van der Waals surface area contributed by atoms with Gasteiger partial charge in [-0.3, -0.25) is 9.59 Å².